The van der Waals surface area contributed by atoms with Gasteiger partial charge in [-0.3, -0.25) is 15.6 Å². The van der Waals surface area contributed by atoms with Crippen molar-refractivity contribution in [1.29, 1.82) is 0 Å². The highest BCUT2D eigenvalue weighted by molar-refractivity contribution is 9.10. The maximum absolute atomic E-state index is 11.8. The van der Waals surface area contributed by atoms with E-state index in [1.54, 1.807) is 12.3 Å². The number of halogens is 1. The molecule has 20 heavy (non-hydrogen) atoms. The molecule has 2 fully saturated rings. The molecule has 0 unspecified atom stereocenters. The predicted molar refractivity (Wildman–Crippen MR) is 84.1 cm³/mol. The molecule has 1 heterocycles. The van der Waals surface area contributed by atoms with Crippen molar-refractivity contribution in [2.24, 2.45) is 11.8 Å². The molecule has 0 spiro atoms. The van der Waals surface area contributed by atoms with Crippen LogP contribution in [-0.4, -0.2) is 22.0 Å². The zero-order valence-electron chi connectivity index (χ0n) is 10.9. The van der Waals surface area contributed by atoms with E-state index in [1.165, 1.54) is 25.7 Å². The smallest absolute Gasteiger partial charge is 0.286 e. The monoisotopic (exact) mass is 356 g/mol. The van der Waals surface area contributed by atoms with Gasteiger partial charge < -0.3 is 10.3 Å². The Hall–Kier alpha value is -1.08. The van der Waals surface area contributed by atoms with Gasteiger partial charge in [0.05, 0.1) is 0 Å². The van der Waals surface area contributed by atoms with Crippen molar-refractivity contribution in [3.8, 4) is 0 Å². The van der Waals surface area contributed by atoms with Gasteiger partial charge in [-0.15, -0.1) is 0 Å². The Bertz CT molecular complexity index is 532. The molecular weight excluding hydrogens is 340 g/mol. The molecule has 3 atom stereocenters. The summed E-state index contributed by atoms with van der Waals surface area (Å²) in [5.74, 6) is 1.37. The number of nitrogens with one attached hydrogen (secondary N) is 4. The van der Waals surface area contributed by atoms with Gasteiger partial charge in [0.15, 0.2) is 5.11 Å². The van der Waals surface area contributed by atoms with E-state index in [4.69, 9.17) is 12.2 Å². The molecule has 2 aliphatic rings. The lowest BCUT2D eigenvalue weighted by molar-refractivity contribution is 0.0939. The third-order valence-electron chi connectivity index (χ3n) is 4.24. The fourth-order valence-corrected chi connectivity index (χ4v) is 3.85. The molecular formula is C13H17BrN4OS. The van der Waals surface area contributed by atoms with Crippen molar-refractivity contribution in [1.82, 2.24) is 21.2 Å². The number of carbonyl (C=O) groups excluding carboxylic acids is 1. The van der Waals surface area contributed by atoms with Crippen LogP contribution in [0.15, 0.2) is 16.7 Å². The summed E-state index contributed by atoms with van der Waals surface area (Å²) < 4.78 is 0.838. The maximum Gasteiger partial charge on any atom is 0.286 e. The Balaban J connectivity index is 1.44. The number of fused-ring (bicyclic) bond motifs is 2. The first-order chi connectivity index (χ1) is 9.61. The molecule has 2 bridgehead atoms. The molecule has 0 radical (unpaired) electrons. The lowest BCUT2D eigenvalue weighted by Gasteiger charge is -2.24. The van der Waals surface area contributed by atoms with Crippen LogP contribution in [0.1, 0.15) is 36.2 Å². The van der Waals surface area contributed by atoms with Crippen LogP contribution in [0, 0.1) is 11.8 Å². The SMILES string of the molecule is O=C(NNC(=S)N[C@@H]1C[C@H]2CC[C@H]1C2)c1cc(Br)c[nH]1. The quantitative estimate of drug-likeness (QED) is 0.483. The first-order valence-electron chi connectivity index (χ1n) is 6.82. The normalized spacial score (nSPS) is 27.4. The van der Waals surface area contributed by atoms with E-state index in [0.717, 1.165) is 16.3 Å². The molecule has 5 nitrogen and oxygen atoms in total. The Morgan fingerprint density at radius 2 is 2.20 bits per heavy atom. The molecule has 2 aliphatic carbocycles. The summed E-state index contributed by atoms with van der Waals surface area (Å²) >= 11 is 8.51. The summed E-state index contributed by atoms with van der Waals surface area (Å²) in [5, 5.41) is 3.80. The molecule has 1 aromatic rings. The lowest BCUT2D eigenvalue weighted by atomic mass is 9.96. The molecule has 7 heteroatoms. The van der Waals surface area contributed by atoms with Gasteiger partial charge in [0.2, 0.25) is 0 Å². The minimum absolute atomic E-state index is 0.243. The highest BCUT2D eigenvalue weighted by atomic mass is 79.9. The second-order valence-electron chi connectivity index (χ2n) is 5.57. The molecule has 2 saturated carbocycles. The van der Waals surface area contributed by atoms with Gasteiger partial charge in [0.25, 0.3) is 5.91 Å². The molecule has 0 aliphatic heterocycles. The van der Waals surface area contributed by atoms with Crippen LogP contribution >= 0.6 is 28.1 Å². The van der Waals surface area contributed by atoms with Gasteiger partial charge in [-0.25, -0.2) is 0 Å². The van der Waals surface area contributed by atoms with Crippen molar-refractivity contribution in [2.45, 2.75) is 31.7 Å². The minimum Gasteiger partial charge on any atom is -0.358 e. The Kier molecular flexibility index (Phi) is 3.98. The minimum atomic E-state index is -0.243. The predicted octanol–water partition coefficient (Wildman–Crippen LogP) is 2.07. The van der Waals surface area contributed by atoms with E-state index in [1.807, 2.05) is 0 Å². The Labute approximate surface area is 131 Å². The van der Waals surface area contributed by atoms with Crippen LogP contribution in [0.3, 0.4) is 0 Å². The summed E-state index contributed by atoms with van der Waals surface area (Å²) in [4.78, 5) is 14.7. The number of hydrazine groups is 1. The summed E-state index contributed by atoms with van der Waals surface area (Å²) in [5.41, 5.74) is 5.83. The average Bonchev–Trinajstić information content (AvgIpc) is 3.12. The van der Waals surface area contributed by atoms with Crippen molar-refractivity contribution >= 4 is 39.2 Å². The number of carbonyl (C=O) groups is 1. The van der Waals surface area contributed by atoms with Crippen LogP contribution in [0.25, 0.3) is 0 Å². The number of aromatic amines is 1. The fraction of sp³-hybridized carbons (Fsp3) is 0.538. The Morgan fingerprint density at radius 1 is 1.35 bits per heavy atom. The largest absolute Gasteiger partial charge is 0.358 e. The molecule has 1 amide bonds. The fourth-order valence-electron chi connectivity index (χ4n) is 3.31. The summed E-state index contributed by atoms with van der Waals surface area (Å²) in [6.07, 6.45) is 6.89. The molecule has 1 aromatic heterocycles. The number of rotatable bonds is 2. The summed E-state index contributed by atoms with van der Waals surface area (Å²) in [6.45, 7) is 0. The highest BCUT2D eigenvalue weighted by Crippen LogP contribution is 2.44. The van der Waals surface area contributed by atoms with Crippen LogP contribution in [0.5, 0.6) is 0 Å². The molecule has 4 N–H and O–H groups in total. The van der Waals surface area contributed by atoms with Crippen LogP contribution in [-0.2, 0) is 0 Å². The van der Waals surface area contributed by atoms with Crippen molar-refractivity contribution < 1.29 is 4.79 Å². The first kappa shape index (κ1) is 13.9. The molecule has 0 aromatic carbocycles. The van der Waals surface area contributed by atoms with E-state index in [-0.39, 0.29) is 5.91 Å². The van der Waals surface area contributed by atoms with Crippen LogP contribution in [0.4, 0.5) is 0 Å². The van der Waals surface area contributed by atoms with E-state index < -0.39 is 0 Å². The second kappa shape index (κ2) is 5.73. The van der Waals surface area contributed by atoms with Crippen molar-refractivity contribution in [3.05, 3.63) is 22.4 Å². The van der Waals surface area contributed by atoms with E-state index >= 15 is 0 Å². The summed E-state index contributed by atoms with van der Waals surface area (Å²) in [7, 11) is 0. The first-order valence-corrected chi connectivity index (χ1v) is 8.02. The van der Waals surface area contributed by atoms with Crippen molar-refractivity contribution in [2.75, 3.05) is 0 Å². The van der Waals surface area contributed by atoms with Gasteiger partial charge in [-0.2, -0.15) is 0 Å². The topological polar surface area (TPSA) is 69.0 Å². The number of amides is 1. The standard InChI is InChI=1S/C13H17BrN4OS/c14-9-5-11(15-6-9)12(19)17-18-13(20)16-10-4-7-1-2-8(10)3-7/h5-8,10,15H,1-4H2,(H,17,19)(H2,16,18,20)/t7-,8-,10+/m0/s1. The number of aromatic nitrogens is 1. The number of thiocarbonyl (C=S) groups is 1. The van der Waals surface area contributed by atoms with Crippen molar-refractivity contribution in [3.63, 3.8) is 0 Å². The molecule has 0 saturated heterocycles. The summed E-state index contributed by atoms with van der Waals surface area (Å²) in [6, 6.07) is 2.17. The number of hydrogen-bond acceptors (Lipinski definition) is 2. The van der Waals surface area contributed by atoms with Crippen LogP contribution < -0.4 is 16.2 Å². The third-order valence-corrected chi connectivity index (χ3v) is 4.91. The van der Waals surface area contributed by atoms with E-state index in [2.05, 4.69) is 37.1 Å². The molecule has 3 rings (SSSR count). The van der Waals surface area contributed by atoms with Gasteiger partial charge in [0.1, 0.15) is 5.69 Å². The van der Waals surface area contributed by atoms with E-state index in [9.17, 15) is 4.79 Å². The van der Waals surface area contributed by atoms with Gasteiger partial charge in [-0.05, 0) is 65.3 Å². The van der Waals surface area contributed by atoms with Gasteiger partial charge in [0, 0.05) is 16.7 Å². The average molecular weight is 357 g/mol. The molecule has 108 valence electrons. The van der Waals surface area contributed by atoms with Gasteiger partial charge in [-0.1, -0.05) is 6.42 Å². The Morgan fingerprint density at radius 3 is 2.80 bits per heavy atom. The lowest BCUT2D eigenvalue weighted by Crippen LogP contribution is -2.50. The zero-order chi connectivity index (χ0) is 14.1. The second-order valence-corrected chi connectivity index (χ2v) is 6.89. The number of H-pyrrole nitrogens is 1. The van der Waals surface area contributed by atoms with E-state index in [0.29, 0.717) is 16.8 Å². The van der Waals surface area contributed by atoms with Gasteiger partial charge >= 0.3 is 0 Å². The zero-order valence-corrected chi connectivity index (χ0v) is 13.3. The number of hydrogen-bond donors (Lipinski definition) is 4. The maximum atomic E-state index is 11.8. The third kappa shape index (κ3) is 2.98. The highest BCUT2D eigenvalue weighted by Gasteiger charge is 2.39. The van der Waals surface area contributed by atoms with Crippen LogP contribution in [0.2, 0.25) is 0 Å².